The number of hydrogen-bond donors (Lipinski definition) is 0. The Hall–Kier alpha value is -3.49. The predicted molar refractivity (Wildman–Crippen MR) is 139 cm³/mol. The predicted octanol–water partition coefficient (Wildman–Crippen LogP) is 5.51. The van der Waals surface area contributed by atoms with Crippen molar-refractivity contribution >= 4 is 28.6 Å². The van der Waals surface area contributed by atoms with Gasteiger partial charge in [0.2, 0.25) is 5.88 Å². The number of carbonyl (C=O) groups is 1. The number of esters is 1. The molecule has 0 aliphatic carbocycles. The smallest absolute Gasteiger partial charge is 0.337 e. The van der Waals surface area contributed by atoms with Crippen molar-refractivity contribution in [2.45, 2.75) is 31.9 Å². The van der Waals surface area contributed by atoms with E-state index < -0.39 is 0 Å². The van der Waals surface area contributed by atoms with E-state index in [4.69, 9.17) is 31.0 Å². The highest BCUT2D eigenvalue weighted by Crippen LogP contribution is 2.29. The molecule has 0 amide bonds. The van der Waals surface area contributed by atoms with E-state index in [1.165, 1.54) is 13.2 Å². The largest absolute Gasteiger partial charge is 0.473 e. The van der Waals surface area contributed by atoms with Gasteiger partial charge in [-0.2, -0.15) is 0 Å². The fourth-order valence-corrected chi connectivity index (χ4v) is 4.90. The molecule has 1 aliphatic heterocycles. The van der Waals surface area contributed by atoms with Gasteiger partial charge in [-0.15, -0.1) is 0 Å². The second-order valence-corrected chi connectivity index (χ2v) is 9.69. The molecule has 2 aromatic heterocycles. The van der Waals surface area contributed by atoms with Crippen LogP contribution in [0.1, 0.15) is 46.2 Å². The summed E-state index contributed by atoms with van der Waals surface area (Å²) in [5, 5.41) is 0.358. The standard InChI is InChI=1S/C28H28ClFN4O3/c1-33-25-14-19(28(35)36-2)7-9-24(25)31-26(33)16-34-12-10-18(11-13-34)23-4-3-5-27(32-23)37-17-20-6-8-21(29)15-22(20)30/h3-9,14-15,18H,10-13,16-17H2,1-2H3. The van der Waals surface area contributed by atoms with Crippen molar-refractivity contribution in [3.05, 3.63) is 88.1 Å². The van der Waals surface area contributed by atoms with Gasteiger partial charge in [-0.1, -0.05) is 23.7 Å². The zero-order valence-electron chi connectivity index (χ0n) is 20.8. The van der Waals surface area contributed by atoms with E-state index in [0.29, 0.717) is 27.9 Å². The van der Waals surface area contributed by atoms with Crippen molar-refractivity contribution in [2.24, 2.45) is 7.05 Å². The molecule has 1 fully saturated rings. The quantitative estimate of drug-likeness (QED) is 0.298. The van der Waals surface area contributed by atoms with Crippen molar-refractivity contribution in [2.75, 3.05) is 20.2 Å². The van der Waals surface area contributed by atoms with Gasteiger partial charge >= 0.3 is 5.97 Å². The van der Waals surface area contributed by atoms with Crippen LogP contribution in [0, 0.1) is 5.82 Å². The molecule has 5 rings (SSSR count). The number of halogens is 2. The number of nitrogens with zero attached hydrogens (tertiary/aromatic N) is 4. The lowest BCUT2D eigenvalue weighted by Crippen LogP contribution is -2.33. The third kappa shape index (κ3) is 5.60. The second-order valence-electron chi connectivity index (χ2n) is 9.26. The Morgan fingerprint density at radius 1 is 1.11 bits per heavy atom. The monoisotopic (exact) mass is 522 g/mol. The first-order valence-corrected chi connectivity index (χ1v) is 12.6. The van der Waals surface area contributed by atoms with Crippen LogP contribution in [0.3, 0.4) is 0 Å². The van der Waals surface area contributed by atoms with Crippen LogP contribution in [0.25, 0.3) is 11.0 Å². The number of methoxy groups -OCH3 is 1. The van der Waals surface area contributed by atoms with Gasteiger partial charge in [0, 0.05) is 35.3 Å². The summed E-state index contributed by atoms with van der Waals surface area (Å²) >= 11 is 5.83. The van der Waals surface area contributed by atoms with E-state index in [2.05, 4.69) is 4.90 Å². The zero-order valence-corrected chi connectivity index (χ0v) is 21.5. The van der Waals surface area contributed by atoms with Crippen LogP contribution in [0.2, 0.25) is 5.02 Å². The molecule has 37 heavy (non-hydrogen) atoms. The molecule has 9 heteroatoms. The summed E-state index contributed by atoms with van der Waals surface area (Å²) in [4.78, 5) is 23.8. The van der Waals surface area contributed by atoms with Gasteiger partial charge in [0.15, 0.2) is 0 Å². The highest BCUT2D eigenvalue weighted by atomic mass is 35.5. The average Bonchev–Trinajstić information content (AvgIpc) is 3.22. The molecule has 192 valence electrons. The summed E-state index contributed by atoms with van der Waals surface area (Å²) in [7, 11) is 3.36. The van der Waals surface area contributed by atoms with E-state index in [0.717, 1.165) is 55.0 Å². The first-order chi connectivity index (χ1) is 17.9. The summed E-state index contributed by atoms with van der Waals surface area (Å²) in [6, 6.07) is 15.7. The van der Waals surface area contributed by atoms with Gasteiger partial charge in [0.25, 0.3) is 0 Å². The molecule has 3 heterocycles. The fraction of sp³-hybridized carbons (Fsp3) is 0.321. The van der Waals surface area contributed by atoms with Crippen molar-refractivity contribution in [1.29, 1.82) is 0 Å². The number of aryl methyl sites for hydroxylation is 1. The van der Waals surface area contributed by atoms with Crippen LogP contribution < -0.4 is 4.74 Å². The maximum absolute atomic E-state index is 14.1. The van der Waals surface area contributed by atoms with Crippen LogP contribution in [0.4, 0.5) is 4.39 Å². The molecule has 0 atom stereocenters. The number of carbonyl (C=O) groups excluding carboxylic acids is 1. The number of ether oxygens (including phenoxy) is 2. The molecule has 2 aromatic carbocycles. The minimum Gasteiger partial charge on any atom is -0.473 e. The number of imidazole rings is 1. The fourth-order valence-electron chi connectivity index (χ4n) is 4.74. The van der Waals surface area contributed by atoms with E-state index >= 15 is 0 Å². The van der Waals surface area contributed by atoms with E-state index in [1.54, 1.807) is 24.3 Å². The number of fused-ring (bicyclic) bond motifs is 1. The van der Waals surface area contributed by atoms with Gasteiger partial charge < -0.3 is 14.0 Å². The molecule has 0 spiro atoms. The Bertz CT molecular complexity index is 1430. The maximum Gasteiger partial charge on any atom is 0.337 e. The lowest BCUT2D eigenvalue weighted by atomic mass is 9.93. The SMILES string of the molecule is COC(=O)c1ccc2nc(CN3CCC(c4cccc(OCc5ccc(Cl)cc5F)n4)CC3)n(C)c2c1. The number of rotatable bonds is 7. The zero-order chi connectivity index (χ0) is 25.9. The van der Waals surface area contributed by atoms with Gasteiger partial charge in [0.1, 0.15) is 18.2 Å². The Balaban J connectivity index is 1.19. The Morgan fingerprint density at radius 2 is 1.92 bits per heavy atom. The first-order valence-electron chi connectivity index (χ1n) is 12.2. The minimum atomic E-state index is -0.388. The summed E-state index contributed by atoms with van der Waals surface area (Å²) in [6.45, 7) is 2.67. The summed E-state index contributed by atoms with van der Waals surface area (Å²) in [6.07, 6.45) is 1.94. The summed E-state index contributed by atoms with van der Waals surface area (Å²) in [5.41, 5.74) is 3.72. The molecule has 7 nitrogen and oxygen atoms in total. The van der Waals surface area contributed by atoms with E-state index in [-0.39, 0.29) is 18.4 Å². The van der Waals surface area contributed by atoms with Crippen LogP contribution in [-0.4, -0.2) is 45.6 Å². The van der Waals surface area contributed by atoms with E-state index in [9.17, 15) is 9.18 Å². The topological polar surface area (TPSA) is 69.5 Å². The molecule has 1 saturated heterocycles. The highest BCUT2D eigenvalue weighted by molar-refractivity contribution is 6.30. The summed E-state index contributed by atoms with van der Waals surface area (Å²) < 4.78 is 26.7. The van der Waals surface area contributed by atoms with E-state index in [1.807, 2.05) is 35.9 Å². The minimum absolute atomic E-state index is 0.0943. The number of aromatic nitrogens is 3. The number of likely N-dealkylation sites (tertiary alicyclic amines) is 1. The Morgan fingerprint density at radius 3 is 2.68 bits per heavy atom. The number of hydrogen-bond acceptors (Lipinski definition) is 6. The molecular formula is C28H28ClFN4O3. The van der Waals surface area contributed by atoms with Crippen LogP contribution in [-0.2, 0) is 24.9 Å². The molecule has 1 aliphatic rings. The van der Waals surface area contributed by atoms with Crippen molar-refractivity contribution in [3.63, 3.8) is 0 Å². The van der Waals surface area contributed by atoms with Crippen molar-refractivity contribution in [1.82, 2.24) is 19.4 Å². The molecular weight excluding hydrogens is 495 g/mol. The van der Waals surface area contributed by atoms with Gasteiger partial charge in [0.05, 0.1) is 30.3 Å². The number of benzene rings is 2. The van der Waals surface area contributed by atoms with Crippen LogP contribution in [0.5, 0.6) is 5.88 Å². The summed E-state index contributed by atoms with van der Waals surface area (Å²) in [5.74, 6) is 1.03. The second kappa shape index (κ2) is 10.9. The van der Waals surface area contributed by atoms with Crippen LogP contribution >= 0.6 is 11.6 Å². The van der Waals surface area contributed by atoms with Crippen molar-refractivity contribution < 1.29 is 18.7 Å². The molecule has 0 unspecified atom stereocenters. The molecule has 0 radical (unpaired) electrons. The highest BCUT2D eigenvalue weighted by Gasteiger charge is 2.23. The number of piperidine rings is 1. The number of pyridine rings is 1. The van der Waals surface area contributed by atoms with Crippen molar-refractivity contribution in [3.8, 4) is 5.88 Å². The lowest BCUT2D eigenvalue weighted by Gasteiger charge is -2.31. The van der Waals surface area contributed by atoms with Gasteiger partial charge in [-0.05, 0) is 62.3 Å². The third-order valence-corrected chi connectivity index (χ3v) is 7.14. The third-order valence-electron chi connectivity index (χ3n) is 6.90. The van der Waals surface area contributed by atoms with Gasteiger partial charge in [-0.25, -0.2) is 19.2 Å². The average molecular weight is 523 g/mol. The Labute approximate surface area is 219 Å². The molecule has 0 N–H and O–H groups in total. The lowest BCUT2D eigenvalue weighted by molar-refractivity contribution is 0.0601. The maximum atomic E-state index is 14.1. The van der Waals surface area contributed by atoms with Gasteiger partial charge in [-0.3, -0.25) is 4.90 Å². The molecule has 0 bridgehead atoms. The normalized spacial score (nSPS) is 14.7. The molecule has 0 saturated carbocycles. The molecule has 4 aromatic rings. The Kier molecular flexibility index (Phi) is 7.39. The van der Waals surface area contributed by atoms with Crippen LogP contribution in [0.15, 0.2) is 54.6 Å². The first kappa shape index (κ1) is 25.2.